The van der Waals surface area contributed by atoms with E-state index in [9.17, 15) is 18.3 Å². The van der Waals surface area contributed by atoms with Crippen LogP contribution in [-0.4, -0.2) is 23.3 Å². The average Bonchev–Trinajstić information content (AvgIpc) is 3.16. The number of halogens is 3. The highest BCUT2D eigenvalue weighted by Crippen LogP contribution is 2.45. The minimum Gasteiger partial charge on any atom is -0.370 e. The van der Waals surface area contributed by atoms with E-state index in [0.29, 0.717) is 5.69 Å². The van der Waals surface area contributed by atoms with Crippen molar-refractivity contribution in [2.75, 3.05) is 11.4 Å². The SMILES string of the molecule is CN(Sc1ccccc1)c1ccc(C(O)(c2nccs2)C(F)(F)F)cc1. The van der Waals surface area contributed by atoms with Gasteiger partial charge in [0.15, 0.2) is 0 Å². The van der Waals surface area contributed by atoms with Gasteiger partial charge in [-0.1, -0.05) is 30.3 Å². The van der Waals surface area contributed by atoms with Gasteiger partial charge in [-0.2, -0.15) is 13.2 Å². The largest absolute Gasteiger partial charge is 0.428 e. The predicted molar refractivity (Wildman–Crippen MR) is 98.3 cm³/mol. The second kappa shape index (κ2) is 7.30. The van der Waals surface area contributed by atoms with Crippen molar-refractivity contribution in [2.45, 2.75) is 16.7 Å². The molecule has 0 radical (unpaired) electrons. The minimum atomic E-state index is -4.88. The van der Waals surface area contributed by atoms with Crippen molar-refractivity contribution >= 4 is 29.0 Å². The Morgan fingerprint density at radius 2 is 1.69 bits per heavy atom. The fourth-order valence-electron chi connectivity index (χ4n) is 2.42. The number of aliphatic hydroxyl groups is 1. The van der Waals surface area contributed by atoms with Crippen LogP contribution in [0.1, 0.15) is 10.6 Å². The van der Waals surface area contributed by atoms with Crippen molar-refractivity contribution in [3.8, 4) is 0 Å². The molecule has 0 saturated heterocycles. The molecule has 0 aliphatic carbocycles. The quantitative estimate of drug-likeness (QED) is 0.610. The Bertz CT molecular complexity index is 839. The highest BCUT2D eigenvalue weighted by atomic mass is 32.2. The first-order valence-corrected chi connectivity index (χ1v) is 9.24. The third-order valence-electron chi connectivity index (χ3n) is 3.79. The van der Waals surface area contributed by atoms with Crippen LogP contribution in [-0.2, 0) is 5.60 Å². The number of benzene rings is 2. The monoisotopic (exact) mass is 396 g/mol. The molecule has 3 nitrogen and oxygen atoms in total. The molecule has 3 aromatic rings. The molecule has 8 heteroatoms. The van der Waals surface area contributed by atoms with Gasteiger partial charge in [0, 0.05) is 29.2 Å². The summed E-state index contributed by atoms with van der Waals surface area (Å²) in [4.78, 5) is 4.69. The van der Waals surface area contributed by atoms with E-state index in [1.807, 2.05) is 41.7 Å². The lowest BCUT2D eigenvalue weighted by atomic mass is 9.93. The van der Waals surface area contributed by atoms with Gasteiger partial charge >= 0.3 is 6.18 Å². The molecule has 2 aromatic carbocycles. The van der Waals surface area contributed by atoms with Crippen LogP contribution in [0.3, 0.4) is 0 Å². The Kier molecular flexibility index (Phi) is 5.27. The van der Waals surface area contributed by atoms with E-state index in [4.69, 9.17) is 0 Å². The summed E-state index contributed by atoms with van der Waals surface area (Å²) >= 11 is 2.22. The van der Waals surface area contributed by atoms with E-state index in [0.717, 1.165) is 16.2 Å². The number of rotatable bonds is 5. The fourth-order valence-corrected chi connectivity index (χ4v) is 4.01. The van der Waals surface area contributed by atoms with Crippen LogP contribution < -0.4 is 4.31 Å². The standard InChI is InChI=1S/C18H15F3N2OS2/c1-23(26-15-5-3-2-4-6-15)14-9-7-13(8-10-14)17(24,18(19,20)21)16-22-11-12-25-16/h2-12,24H,1H3. The second-order valence-electron chi connectivity index (χ2n) is 5.49. The van der Waals surface area contributed by atoms with Crippen LogP contribution in [0, 0.1) is 0 Å². The highest BCUT2D eigenvalue weighted by molar-refractivity contribution is 8.00. The van der Waals surface area contributed by atoms with Gasteiger partial charge in [0.05, 0.1) is 0 Å². The molecule has 136 valence electrons. The summed E-state index contributed by atoms with van der Waals surface area (Å²) in [5.74, 6) is 0. The lowest BCUT2D eigenvalue weighted by Gasteiger charge is -2.29. The van der Waals surface area contributed by atoms with Crippen molar-refractivity contribution < 1.29 is 18.3 Å². The van der Waals surface area contributed by atoms with E-state index in [2.05, 4.69) is 4.98 Å². The smallest absolute Gasteiger partial charge is 0.370 e. The molecule has 0 aliphatic rings. The van der Waals surface area contributed by atoms with Crippen molar-refractivity contribution in [1.82, 2.24) is 4.98 Å². The average molecular weight is 396 g/mol. The topological polar surface area (TPSA) is 36.4 Å². The lowest BCUT2D eigenvalue weighted by molar-refractivity contribution is -0.248. The summed E-state index contributed by atoms with van der Waals surface area (Å²) in [6, 6.07) is 15.3. The molecule has 0 aliphatic heterocycles. The number of hydrogen-bond donors (Lipinski definition) is 1. The molecule has 0 fully saturated rings. The summed E-state index contributed by atoms with van der Waals surface area (Å²) in [6.07, 6.45) is -3.63. The minimum absolute atomic E-state index is 0.262. The van der Waals surface area contributed by atoms with Crippen LogP contribution in [0.2, 0.25) is 0 Å². The van der Waals surface area contributed by atoms with Gasteiger partial charge in [-0.05, 0) is 41.8 Å². The number of alkyl halides is 3. The molecule has 0 saturated carbocycles. The number of anilines is 1. The lowest BCUT2D eigenvalue weighted by Crippen LogP contribution is -2.43. The molecular formula is C18H15F3N2OS2. The molecule has 0 spiro atoms. The van der Waals surface area contributed by atoms with E-state index in [1.54, 1.807) is 12.1 Å². The first kappa shape index (κ1) is 18.8. The Morgan fingerprint density at radius 1 is 1.04 bits per heavy atom. The maximum Gasteiger partial charge on any atom is 0.428 e. The van der Waals surface area contributed by atoms with E-state index >= 15 is 0 Å². The molecule has 1 atom stereocenters. The molecular weight excluding hydrogens is 381 g/mol. The first-order valence-electron chi connectivity index (χ1n) is 7.59. The van der Waals surface area contributed by atoms with Crippen LogP contribution in [0.25, 0.3) is 0 Å². The van der Waals surface area contributed by atoms with Crippen LogP contribution in [0.5, 0.6) is 0 Å². The Morgan fingerprint density at radius 3 is 2.23 bits per heavy atom. The van der Waals surface area contributed by atoms with Gasteiger partial charge in [0.2, 0.25) is 5.60 Å². The zero-order valence-corrected chi connectivity index (χ0v) is 15.3. The summed E-state index contributed by atoms with van der Waals surface area (Å²) in [5, 5.41) is 11.5. The number of hydrogen-bond acceptors (Lipinski definition) is 5. The Labute approximate surface area is 157 Å². The van der Waals surface area contributed by atoms with E-state index in [1.165, 1.54) is 35.7 Å². The Balaban J connectivity index is 1.88. The molecule has 3 rings (SSSR count). The Hall–Kier alpha value is -2.03. The predicted octanol–water partition coefficient (Wildman–Crippen LogP) is 5.08. The third kappa shape index (κ3) is 3.58. The van der Waals surface area contributed by atoms with E-state index in [-0.39, 0.29) is 5.56 Å². The molecule has 1 heterocycles. The molecule has 1 unspecified atom stereocenters. The number of aromatic nitrogens is 1. The highest BCUT2D eigenvalue weighted by Gasteiger charge is 2.58. The molecule has 1 aromatic heterocycles. The second-order valence-corrected chi connectivity index (χ2v) is 7.59. The molecule has 26 heavy (non-hydrogen) atoms. The number of thiazole rings is 1. The van der Waals surface area contributed by atoms with Gasteiger partial charge in [0.1, 0.15) is 5.01 Å². The van der Waals surface area contributed by atoms with Crippen molar-refractivity contribution in [1.29, 1.82) is 0 Å². The fraction of sp³-hybridized carbons (Fsp3) is 0.167. The first-order chi connectivity index (χ1) is 12.3. The van der Waals surface area contributed by atoms with Gasteiger partial charge in [-0.15, -0.1) is 11.3 Å². The maximum absolute atomic E-state index is 13.6. The molecule has 0 bridgehead atoms. The zero-order valence-electron chi connectivity index (χ0n) is 13.6. The van der Waals surface area contributed by atoms with Crippen molar-refractivity contribution in [3.63, 3.8) is 0 Å². The van der Waals surface area contributed by atoms with Crippen LogP contribution in [0.4, 0.5) is 18.9 Å². The maximum atomic E-state index is 13.6. The van der Waals surface area contributed by atoms with Gasteiger partial charge < -0.3 is 9.41 Å². The zero-order chi connectivity index (χ0) is 18.8. The third-order valence-corrected chi connectivity index (χ3v) is 5.64. The summed E-state index contributed by atoms with van der Waals surface area (Å²) in [5.41, 5.74) is -2.67. The van der Waals surface area contributed by atoms with E-state index < -0.39 is 16.8 Å². The van der Waals surface area contributed by atoms with Crippen LogP contribution in [0.15, 0.2) is 71.1 Å². The van der Waals surface area contributed by atoms with Gasteiger partial charge in [0.25, 0.3) is 0 Å². The van der Waals surface area contributed by atoms with Crippen LogP contribution >= 0.6 is 23.3 Å². The molecule has 0 amide bonds. The van der Waals surface area contributed by atoms with Gasteiger partial charge in [-0.3, -0.25) is 0 Å². The van der Waals surface area contributed by atoms with Crippen molar-refractivity contribution in [3.05, 3.63) is 76.7 Å². The molecule has 1 N–H and O–H groups in total. The summed E-state index contributed by atoms with van der Waals surface area (Å²) in [6.45, 7) is 0. The van der Waals surface area contributed by atoms with Crippen molar-refractivity contribution in [2.24, 2.45) is 0 Å². The normalized spacial score (nSPS) is 14.0. The van der Waals surface area contributed by atoms with Gasteiger partial charge in [-0.25, -0.2) is 4.98 Å². The summed E-state index contributed by atoms with van der Waals surface area (Å²) in [7, 11) is 1.82. The summed E-state index contributed by atoms with van der Waals surface area (Å²) < 4.78 is 42.6. The number of nitrogens with zero attached hydrogens (tertiary/aromatic N) is 2.